The van der Waals surface area contributed by atoms with Gasteiger partial charge in [-0.1, -0.05) is 43.5 Å². The quantitative estimate of drug-likeness (QED) is 0.885. The van der Waals surface area contributed by atoms with Crippen molar-refractivity contribution in [3.8, 4) is 0 Å². The smallest absolute Gasteiger partial charge is 0.0499 e. The van der Waals surface area contributed by atoms with Gasteiger partial charge in [0.05, 0.1) is 0 Å². The summed E-state index contributed by atoms with van der Waals surface area (Å²) in [6, 6.07) is 8.37. The van der Waals surface area contributed by atoms with Gasteiger partial charge in [0.25, 0.3) is 0 Å². The number of nitrogens with zero attached hydrogens (tertiary/aromatic N) is 1. The van der Waals surface area contributed by atoms with E-state index in [0.717, 1.165) is 25.9 Å². The molecule has 0 bridgehead atoms. The fraction of sp³-hybridized carbons (Fsp3) is 0.500. The van der Waals surface area contributed by atoms with Crippen molar-refractivity contribution in [1.82, 2.24) is 10.3 Å². The fourth-order valence-electron chi connectivity index (χ4n) is 3.47. The Hall–Kier alpha value is -1.45. The van der Waals surface area contributed by atoms with Crippen molar-refractivity contribution in [1.29, 1.82) is 0 Å². The van der Waals surface area contributed by atoms with Crippen LogP contribution in [-0.4, -0.2) is 23.2 Å². The summed E-state index contributed by atoms with van der Waals surface area (Å²) in [6.07, 6.45) is 9.96. The molecular weight excluding hydrogens is 260 g/mol. The van der Waals surface area contributed by atoms with Crippen LogP contribution in [0.5, 0.6) is 0 Å². The molecule has 0 unspecified atom stereocenters. The number of aromatic nitrogens is 1. The third-order valence-electron chi connectivity index (χ3n) is 4.82. The molecule has 0 atom stereocenters. The van der Waals surface area contributed by atoms with E-state index in [4.69, 9.17) is 0 Å². The van der Waals surface area contributed by atoms with Gasteiger partial charge in [-0.3, -0.25) is 4.98 Å². The second-order valence-corrected chi connectivity index (χ2v) is 6.34. The van der Waals surface area contributed by atoms with E-state index in [1.54, 1.807) is 0 Å². The SMILES string of the molecule is OCC1(CNCc2cncc3ccccc23)CCCCC1. The lowest BCUT2D eigenvalue weighted by Crippen LogP contribution is -2.38. The lowest BCUT2D eigenvalue weighted by atomic mass is 9.74. The molecular formula is C18H24N2O. The van der Waals surface area contributed by atoms with Crippen LogP contribution in [0, 0.1) is 5.41 Å². The monoisotopic (exact) mass is 284 g/mol. The Morgan fingerprint density at radius 2 is 1.90 bits per heavy atom. The summed E-state index contributed by atoms with van der Waals surface area (Å²) in [4.78, 5) is 4.33. The molecule has 0 spiro atoms. The van der Waals surface area contributed by atoms with Crippen LogP contribution < -0.4 is 5.32 Å². The van der Waals surface area contributed by atoms with Gasteiger partial charge in [0.15, 0.2) is 0 Å². The van der Waals surface area contributed by atoms with E-state index in [-0.39, 0.29) is 5.41 Å². The minimum atomic E-state index is 0.0935. The Morgan fingerprint density at radius 3 is 2.71 bits per heavy atom. The molecule has 1 aliphatic rings. The number of rotatable bonds is 5. The molecule has 0 saturated heterocycles. The first kappa shape index (κ1) is 14.5. The molecule has 1 heterocycles. The van der Waals surface area contributed by atoms with E-state index >= 15 is 0 Å². The third-order valence-corrected chi connectivity index (χ3v) is 4.82. The van der Waals surface area contributed by atoms with Crippen molar-refractivity contribution in [2.45, 2.75) is 38.6 Å². The average molecular weight is 284 g/mol. The summed E-state index contributed by atoms with van der Waals surface area (Å²) in [5, 5.41) is 15.8. The van der Waals surface area contributed by atoms with Crippen LogP contribution in [0.3, 0.4) is 0 Å². The molecule has 21 heavy (non-hydrogen) atoms. The van der Waals surface area contributed by atoms with Gasteiger partial charge < -0.3 is 10.4 Å². The van der Waals surface area contributed by atoms with Crippen LogP contribution in [0.1, 0.15) is 37.7 Å². The van der Waals surface area contributed by atoms with E-state index in [1.807, 2.05) is 18.5 Å². The molecule has 2 aromatic rings. The number of benzene rings is 1. The number of hydrogen-bond acceptors (Lipinski definition) is 3. The number of hydrogen-bond donors (Lipinski definition) is 2. The maximum Gasteiger partial charge on any atom is 0.0499 e. The van der Waals surface area contributed by atoms with Crippen LogP contribution in [0.2, 0.25) is 0 Å². The second kappa shape index (κ2) is 6.54. The Morgan fingerprint density at radius 1 is 1.10 bits per heavy atom. The summed E-state index contributed by atoms with van der Waals surface area (Å²) in [6.45, 7) is 2.01. The highest BCUT2D eigenvalue weighted by atomic mass is 16.3. The number of fused-ring (bicyclic) bond motifs is 1. The molecule has 0 amide bonds. The highest BCUT2D eigenvalue weighted by Crippen LogP contribution is 2.35. The van der Waals surface area contributed by atoms with E-state index in [2.05, 4.69) is 28.5 Å². The van der Waals surface area contributed by atoms with Crippen molar-refractivity contribution in [3.63, 3.8) is 0 Å². The molecule has 3 heteroatoms. The van der Waals surface area contributed by atoms with Gasteiger partial charge in [-0.2, -0.15) is 0 Å². The van der Waals surface area contributed by atoms with Gasteiger partial charge in [0.1, 0.15) is 0 Å². The van der Waals surface area contributed by atoms with Crippen LogP contribution in [0.4, 0.5) is 0 Å². The van der Waals surface area contributed by atoms with E-state index in [0.29, 0.717) is 6.61 Å². The minimum absolute atomic E-state index is 0.0935. The highest BCUT2D eigenvalue weighted by Gasteiger charge is 2.30. The molecule has 1 aliphatic carbocycles. The molecule has 1 aromatic carbocycles. The molecule has 1 fully saturated rings. The maximum atomic E-state index is 9.76. The molecule has 2 N–H and O–H groups in total. The van der Waals surface area contributed by atoms with Gasteiger partial charge in [-0.05, 0) is 23.8 Å². The molecule has 0 aliphatic heterocycles. The topological polar surface area (TPSA) is 45.1 Å². The lowest BCUT2D eigenvalue weighted by Gasteiger charge is -2.35. The predicted octanol–water partition coefficient (Wildman–Crippen LogP) is 3.27. The molecule has 112 valence electrons. The van der Waals surface area contributed by atoms with Gasteiger partial charge >= 0.3 is 0 Å². The Balaban J connectivity index is 1.66. The first-order valence-corrected chi connectivity index (χ1v) is 7.96. The molecule has 3 nitrogen and oxygen atoms in total. The summed E-state index contributed by atoms with van der Waals surface area (Å²) < 4.78 is 0. The molecule has 0 radical (unpaired) electrons. The average Bonchev–Trinajstić information content (AvgIpc) is 2.56. The zero-order valence-corrected chi connectivity index (χ0v) is 12.5. The van der Waals surface area contributed by atoms with Crippen LogP contribution >= 0.6 is 0 Å². The summed E-state index contributed by atoms with van der Waals surface area (Å²) in [5.41, 5.74) is 1.33. The Labute approximate surface area is 126 Å². The van der Waals surface area contributed by atoms with Crippen LogP contribution in [0.15, 0.2) is 36.7 Å². The van der Waals surface area contributed by atoms with Gasteiger partial charge in [-0.15, -0.1) is 0 Å². The number of aliphatic hydroxyl groups excluding tert-OH is 1. The summed E-state index contributed by atoms with van der Waals surface area (Å²) in [5.74, 6) is 0. The second-order valence-electron chi connectivity index (χ2n) is 6.34. The number of aliphatic hydroxyl groups is 1. The number of pyridine rings is 1. The maximum absolute atomic E-state index is 9.76. The first-order valence-electron chi connectivity index (χ1n) is 7.96. The van der Waals surface area contributed by atoms with Gasteiger partial charge in [0.2, 0.25) is 0 Å². The molecule has 1 saturated carbocycles. The van der Waals surface area contributed by atoms with Crippen molar-refractivity contribution >= 4 is 10.8 Å². The standard InChI is InChI=1S/C18H24N2O/c21-14-18(8-4-1-5-9-18)13-20-12-16-11-19-10-15-6-2-3-7-17(15)16/h2-3,6-7,10-11,20-21H,1,4-5,8-9,12-14H2. The van der Waals surface area contributed by atoms with Gasteiger partial charge in [0, 0.05) is 42.9 Å². The third kappa shape index (κ3) is 3.25. The highest BCUT2D eigenvalue weighted by molar-refractivity contribution is 5.84. The minimum Gasteiger partial charge on any atom is -0.396 e. The van der Waals surface area contributed by atoms with Crippen molar-refractivity contribution in [3.05, 3.63) is 42.2 Å². The largest absolute Gasteiger partial charge is 0.396 e. The first-order chi connectivity index (χ1) is 10.3. The number of nitrogens with one attached hydrogen (secondary N) is 1. The Kier molecular flexibility index (Phi) is 4.51. The van der Waals surface area contributed by atoms with E-state index in [9.17, 15) is 5.11 Å². The van der Waals surface area contributed by atoms with Crippen molar-refractivity contribution in [2.75, 3.05) is 13.2 Å². The van der Waals surface area contributed by atoms with Crippen molar-refractivity contribution < 1.29 is 5.11 Å². The lowest BCUT2D eigenvalue weighted by molar-refractivity contribution is 0.0811. The van der Waals surface area contributed by atoms with Gasteiger partial charge in [-0.25, -0.2) is 0 Å². The van der Waals surface area contributed by atoms with Crippen LogP contribution in [-0.2, 0) is 6.54 Å². The molecule has 3 rings (SSSR count). The van der Waals surface area contributed by atoms with E-state index in [1.165, 1.54) is 35.6 Å². The van der Waals surface area contributed by atoms with Crippen LogP contribution in [0.25, 0.3) is 10.8 Å². The Bertz CT molecular complexity index is 585. The summed E-state index contributed by atoms with van der Waals surface area (Å²) >= 11 is 0. The normalized spacial score (nSPS) is 18.0. The fourth-order valence-corrected chi connectivity index (χ4v) is 3.47. The molecule has 1 aromatic heterocycles. The zero-order valence-electron chi connectivity index (χ0n) is 12.5. The summed E-state index contributed by atoms with van der Waals surface area (Å²) in [7, 11) is 0. The van der Waals surface area contributed by atoms with E-state index < -0.39 is 0 Å². The van der Waals surface area contributed by atoms with Crippen molar-refractivity contribution in [2.24, 2.45) is 5.41 Å². The zero-order chi connectivity index (χ0) is 14.5. The predicted molar refractivity (Wildman–Crippen MR) is 86.1 cm³/mol.